The first-order chi connectivity index (χ1) is 10.1. The molecule has 1 aromatic carbocycles. The Labute approximate surface area is 124 Å². The number of carbonyl (C=O) groups excluding carboxylic acids is 2. The average molecular weight is 292 g/mol. The summed E-state index contributed by atoms with van der Waals surface area (Å²) in [6.45, 7) is 5.57. The monoisotopic (exact) mass is 292 g/mol. The van der Waals surface area contributed by atoms with Crippen LogP contribution < -0.4 is 15.6 Å². The van der Waals surface area contributed by atoms with Crippen LogP contribution in [0.15, 0.2) is 36.9 Å². The molecule has 0 bridgehead atoms. The number of hydrogen-bond donors (Lipinski definition) is 2. The Morgan fingerprint density at radius 1 is 1.33 bits per heavy atom. The molecule has 1 aromatic rings. The zero-order chi connectivity index (χ0) is 15.7. The van der Waals surface area contributed by atoms with Crippen LogP contribution in [0.3, 0.4) is 0 Å². The third kappa shape index (κ3) is 5.27. The molecule has 0 radical (unpaired) electrons. The van der Waals surface area contributed by atoms with Crippen molar-refractivity contribution < 1.29 is 19.1 Å². The first kappa shape index (κ1) is 16.7. The zero-order valence-electron chi connectivity index (χ0n) is 12.2. The summed E-state index contributed by atoms with van der Waals surface area (Å²) < 4.78 is 9.93. The average Bonchev–Trinajstić information content (AvgIpc) is 2.51. The van der Waals surface area contributed by atoms with E-state index in [1.807, 2.05) is 0 Å². The number of amides is 1. The van der Waals surface area contributed by atoms with Gasteiger partial charge in [0.05, 0.1) is 13.7 Å². The molecule has 0 saturated carbocycles. The maximum Gasteiger partial charge on any atom is 0.325 e. The van der Waals surface area contributed by atoms with Gasteiger partial charge in [0.2, 0.25) is 0 Å². The second-order valence-corrected chi connectivity index (χ2v) is 4.16. The molecular formula is C15H20N2O4. The van der Waals surface area contributed by atoms with E-state index in [9.17, 15) is 9.59 Å². The molecular weight excluding hydrogens is 272 g/mol. The van der Waals surface area contributed by atoms with Crippen LogP contribution in [-0.2, 0) is 9.53 Å². The van der Waals surface area contributed by atoms with E-state index in [4.69, 9.17) is 9.47 Å². The molecule has 0 saturated heterocycles. The fraction of sp³-hybridized carbons (Fsp3) is 0.333. The largest absolute Gasteiger partial charge is 0.497 e. The molecule has 1 rings (SSSR count). The van der Waals surface area contributed by atoms with E-state index in [1.165, 1.54) is 0 Å². The van der Waals surface area contributed by atoms with Crippen molar-refractivity contribution in [2.45, 2.75) is 19.4 Å². The standard InChI is InChI=1S/C15H20N2O4/c1-4-6-13(15(19)21-5-2)16-17-14(18)11-7-9-12(20-3)10-8-11/h4,7-10,13,16H,1,5-6H2,2-3H3,(H,17,18)/t13-/m1/s1. The maximum atomic E-state index is 11.9. The highest BCUT2D eigenvalue weighted by molar-refractivity contribution is 5.94. The fourth-order valence-electron chi connectivity index (χ4n) is 1.59. The fourth-order valence-corrected chi connectivity index (χ4v) is 1.59. The van der Waals surface area contributed by atoms with Gasteiger partial charge in [-0.2, -0.15) is 0 Å². The van der Waals surface area contributed by atoms with Gasteiger partial charge in [0, 0.05) is 5.56 Å². The van der Waals surface area contributed by atoms with Gasteiger partial charge in [0.25, 0.3) is 5.91 Å². The number of hydrazine groups is 1. The summed E-state index contributed by atoms with van der Waals surface area (Å²) >= 11 is 0. The summed E-state index contributed by atoms with van der Waals surface area (Å²) in [6, 6.07) is 5.96. The lowest BCUT2D eigenvalue weighted by molar-refractivity contribution is -0.145. The lowest BCUT2D eigenvalue weighted by Crippen LogP contribution is -2.48. The molecule has 0 heterocycles. The number of rotatable bonds is 8. The van der Waals surface area contributed by atoms with Gasteiger partial charge in [-0.3, -0.25) is 15.0 Å². The predicted molar refractivity (Wildman–Crippen MR) is 78.8 cm³/mol. The molecule has 0 aromatic heterocycles. The SMILES string of the molecule is C=CC[C@@H](NNC(=O)c1ccc(OC)cc1)C(=O)OCC. The molecule has 1 atom stereocenters. The van der Waals surface area contributed by atoms with Crippen molar-refractivity contribution in [1.29, 1.82) is 0 Å². The van der Waals surface area contributed by atoms with Crippen molar-refractivity contribution in [2.75, 3.05) is 13.7 Å². The quantitative estimate of drug-likeness (QED) is 0.431. The first-order valence-electron chi connectivity index (χ1n) is 6.59. The molecule has 6 heteroatoms. The number of methoxy groups -OCH3 is 1. The van der Waals surface area contributed by atoms with Crippen LogP contribution in [0.2, 0.25) is 0 Å². The lowest BCUT2D eigenvalue weighted by atomic mass is 10.2. The Kier molecular flexibility index (Phi) is 6.97. The van der Waals surface area contributed by atoms with E-state index in [2.05, 4.69) is 17.4 Å². The van der Waals surface area contributed by atoms with Gasteiger partial charge in [0.15, 0.2) is 0 Å². The molecule has 0 unspecified atom stereocenters. The third-order valence-corrected chi connectivity index (χ3v) is 2.69. The van der Waals surface area contributed by atoms with E-state index in [0.717, 1.165) is 0 Å². The predicted octanol–water partition coefficient (Wildman–Crippen LogP) is 1.44. The number of carbonyl (C=O) groups is 2. The molecule has 114 valence electrons. The minimum Gasteiger partial charge on any atom is -0.497 e. The molecule has 0 aliphatic carbocycles. The number of benzene rings is 1. The van der Waals surface area contributed by atoms with Gasteiger partial charge in [-0.1, -0.05) is 6.08 Å². The van der Waals surface area contributed by atoms with Crippen molar-refractivity contribution in [3.8, 4) is 5.75 Å². The van der Waals surface area contributed by atoms with E-state index < -0.39 is 12.0 Å². The highest BCUT2D eigenvalue weighted by Crippen LogP contribution is 2.10. The Morgan fingerprint density at radius 3 is 2.52 bits per heavy atom. The van der Waals surface area contributed by atoms with Crippen LogP contribution in [0.5, 0.6) is 5.75 Å². The number of esters is 1. The van der Waals surface area contributed by atoms with Crippen LogP contribution in [0.25, 0.3) is 0 Å². The number of ether oxygens (including phenoxy) is 2. The molecule has 0 spiro atoms. The summed E-state index contributed by atoms with van der Waals surface area (Å²) in [7, 11) is 1.55. The molecule has 6 nitrogen and oxygen atoms in total. The van der Waals surface area contributed by atoms with Crippen molar-refractivity contribution >= 4 is 11.9 Å². The minimum atomic E-state index is -0.662. The summed E-state index contributed by atoms with van der Waals surface area (Å²) in [5.74, 6) is -0.126. The van der Waals surface area contributed by atoms with E-state index >= 15 is 0 Å². The maximum absolute atomic E-state index is 11.9. The molecule has 21 heavy (non-hydrogen) atoms. The van der Waals surface area contributed by atoms with Crippen LogP contribution in [0.4, 0.5) is 0 Å². The summed E-state index contributed by atoms with van der Waals surface area (Å²) in [5.41, 5.74) is 5.59. The number of hydrogen-bond acceptors (Lipinski definition) is 5. The van der Waals surface area contributed by atoms with Crippen molar-refractivity contribution in [2.24, 2.45) is 0 Å². The van der Waals surface area contributed by atoms with Crippen molar-refractivity contribution in [1.82, 2.24) is 10.9 Å². The van der Waals surface area contributed by atoms with Gasteiger partial charge in [-0.15, -0.1) is 6.58 Å². The second-order valence-electron chi connectivity index (χ2n) is 4.16. The van der Waals surface area contributed by atoms with Crippen molar-refractivity contribution in [3.05, 3.63) is 42.5 Å². The molecule has 0 aliphatic rings. The second kappa shape index (κ2) is 8.76. The van der Waals surface area contributed by atoms with Gasteiger partial charge < -0.3 is 9.47 Å². The van der Waals surface area contributed by atoms with Gasteiger partial charge in [0.1, 0.15) is 11.8 Å². The Morgan fingerprint density at radius 2 is 2.00 bits per heavy atom. The Bertz CT molecular complexity index is 485. The molecule has 0 fully saturated rings. The normalized spacial score (nSPS) is 11.3. The van der Waals surface area contributed by atoms with E-state index in [0.29, 0.717) is 17.7 Å². The topological polar surface area (TPSA) is 76.7 Å². The van der Waals surface area contributed by atoms with Gasteiger partial charge in [-0.25, -0.2) is 5.43 Å². The van der Waals surface area contributed by atoms with Crippen molar-refractivity contribution in [3.63, 3.8) is 0 Å². The minimum absolute atomic E-state index is 0.278. The zero-order valence-corrected chi connectivity index (χ0v) is 12.2. The molecule has 1 amide bonds. The lowest BCUT2D eigenvalue weighted by Gasteiger charge is -2.16. The smallest absolute Gasteiger partial charge is 0.325 e. The highest BCUT2D eigenvalue weighted by atomic mass is 16.5. The highest BCUT2D eigenvalue weighted by Gasteiger charge is 2.18. The summed E-state index contributed by atoms with van der Waals surface area (Å²) in [6.07, 6.45) is 1.93. The molecule has 2 N–H and O–H groups in total. The van der Waals surface area contributed by atoms with Gasteiger partial charge in [-0.05, 0) is 37.6 Å². The molecule has 0 aliphatic heterocycles. The summed E-state index contributed by atoms with van der Waals surface area (Å²) in [5, 5.41) is 0. The van der Waals surface area contributed by atoms with Crippen LogP contribution >= 0.6 is 0 Å². The summed E-state index contributed by atoms with van der Waals surface area (Å²) in [4.78, 5) is 23.6. The van der Waals surface area contributed by atoms with E-state index in [-0.39, 0.29) is 12.5 Å². The van der Waals surface area contributed by atoms with Crippen LogP contribution in [0, 0.1) is 0 Å². The van der Waals surface area contributed by atoms with Crippen LogP contribution in [-0.4, -0.2) is 31.6 Å². The number of nitrogens with one attached hydrogen (secondary N) is 2. The van der Waals surface area contributed by atoms with E-state index in [1.54, 1.807) is 44.4 Å². The van der Waals surface area contributed by atoms with Crippen LogP contribution in [0.1, 0.15) is 23.7 Å². The third-order valence-electron chi connectivity index (χ3n) is 2.69. The Balaban J connectivity index is 2.59. The first-order valence-corrected chi connectivity index (χ1v) is 6.59. The van der Waals surface area contributed by atoms with Gasteiger partial charge >= 0.3 is 5.97 Å². The Hall–Kier alpha value is -2.34.